The highest BCUT2D eigenvalue weighted by Gasteiger charge is 2.29. The van der Waals surface area contributed by atoms with Gasteiger partial charge in [-0.1, -0.05) is 18.5 Å². The molecule has 1 aromatic carbocycles. The van der Waals surface area contributed by atoms with Crippen molar-refractivity contribution in [1.82, 2.24) is 10.0 Å². The summed E-state index contributed by atoms with van der Waals surface area (Å²) in [7, 11) is -3.67. The van der Waals surface area contributed by atoms with Gasteiger partial charge in [-0.15, -0.1) is 0 Å². The van der Waals surface area contributed by atoms with Gasteiger partial charge in [0.2, 0.25) is 10.0 Å². The Bertz CT molecular complexity index is 612. The maximum Gasteiger partial charge on any atom is 0.251 e. The molecule has 5 nitrogen and oxygen atoms in total. The first-order valence-electron chi connectivity index (χ1n) is 6.54. The molecule has 0 saturated heterocycles. The van der Waals surface area contributed by atoms with Crippen LogP contribution in [0.15, 0.2) is 23.1 Å². The Morgan fingerprint density at radius 2 is 2.10 bits per heavy atom. The summed E-state index contributed by atoms with van der Waals surface area (Å²) in [6.07, 6.45) is 2.49. The Hall–Kier alpha value is -1.11. The number of amides is 1. The molecule has 7 heteroatoms. The van der Waals surface area contributed by atoms with Crippen LogP contribution in [0.25, 0.3) is 0 Å². The molecule has 2 N–H and O–H groups in total. The lowest BCUT2D eigenvalue weighted by Crippen LogP contribution is -2.27. The van der Waals surface area contributed by atoms with Crippen molar-refractivity contribution >= 4 is 27.5 Å². The maximum absolute atomic E-state index is 12.2. The first-order valence-corrected chi connectivity index (χ1v) is 8.40. The zero-order chi connectivity index (χ0) is 14.8. The van der Waals surface area contributed by atoms with Crippen molar-refractivity contribution in [2.45, 2.75) is 37.1 Å². The molecule has 1 amide bonds. The third-order valence-electron chi connectivity index (χ3n) is 2.92. The quantitative estimate of drug-likeness (QED) is 0.842. The third kappa shape index (κ3) is 3.71. The average Bonchev–Trinajstić information content (AvgIpc) is 3.19. The van der Waals surface area contributed by atoms with Crippen LogP contribution in [0.4, 0.5) is 0 Å². The van der Waals surface area contributed by atoms with E-state index in [0.717, 1.165) is 19.3 Å². The molecule has 0 aromatic heterocycles. The van der Waals surface area contributed by atoms with Crippen LogP contribution >= 0.6 is 11.6 Å². The minimum Gasteiger partial charge on any atom is -0.352 e. The Kier molecular flexibility index (Phi) is 4.67. The van der Waals surface area contributed by atoms with E-state index in [4.69, 9.17) is 11.6 Å². The Balaban J connectivity index is 2.26. The maximum atomic E-state index is 12.2. The predicted molar refractivity (Wildman–Crippen MR) is 77.4 cm³/mol. The van der Waals surface area contributed by atoms with Gasteiger partial charge in [0.05, 0.1) is 5.02 Å². The number of carbonyl (C=O) groups excluding carboxylic acids is 1. The standard InChI is InChI=1S/C13H17ClN2O3S/c1-2-7-15-13(17)9-3-6-11(14)12(8-9)20(18,19)16-10-4-5-10/h3,6,8,10,16H,2,4-5,7H2,1H3,(H,15,17). The molecule has 0 spiro atoms. The van der Waals surface area contributed by atoms with E-state index >= 15 is 0 Å². The number of rotatable bonds is 6. The van der Waals surface area contributed by atoms with E-state index in [1.54, 1.807) is 0 Å². The van der Waals surface area contributed by atoms with Crippen LogP contribution in [0.2, 0.25) is 5.02 Å². The highest BCUT2D eigenvalue weighted by atomic mass is 35.5. The molecule has 110 valence electrons. The number of benzene rings is 1. The fourth-order valence-electron chi connectivity index (χ4n) is 1.68. The molecule has 0 unspecified atom stereocenters. The summed E-state index contributed by atoms with van der Waals surface area (Å²) in [4.78, 5) is 11.8. The van der Waals surface area contributed by atoms with Crippen molar-refractivity contribution in [3.05, 3.63) is 28.8 Å². The van der Waals surface area contributed by atoms with E-state index in [-0.39, 0.29) is 21.9 Å². The number of hydrogen-bond acceptors (Lipinski definition) is 3. The SMILES string of the molecule is CCCNC(=O)c1ccc(Cl)c(S(=O)(=O)NC2CC2)c1. The highest BCUT2D eigenvalue weighted by molar-refractivity contribution is 7.89. The van der Waals surface area contributed by atoms with E-state index in [1.807, 2.05) is 6.92 Å². The van der Waals surface area contributed by atoms with Crippen molar-refractivity contribution in [2.24, 2.45) is 0 Å². The van der Waals surface area contributed by atoms with Gasteiger partial charge in [0, 0.05) is 18.2 Å². The molecule has 0 heterocycles. The van der Waals surface area contributed by atoms with Crippen LogP contribution in [0.5, 0.6) is 0 Å². The number of hydrogen-bond donors (Lipinski definition) is 2. The zero-order valence-electron chi connectivity index (χ0n) is 11.1. The molecule has 1 saturated carbocycles. The van der Waals surface area contributed by atoms with Crippen LogP contribution in [0.3, 0.4) is 0 Å². The molecule has 1 fully saturated rings. The fraction of sp³-hybridized carbons (Fsp3) is 0.462. The fourth-order valence-corrected chi connectivity index (χ4v) is 3.51. The lowest BCUT2D eigenvalue weighted by atomic mass is 10.2. The Morgan fingerprint density at radius 3 is 2.70 bits per heavy atom. The molecule has 2 rings (SSSR count). The summed E-state index contributed by atoms with van der Waals surface area (Å²) >= 11 is 5.94. The van der Waals surface area contributed by atoms with Crippen molar-refractivity contribution < 1.29 is 13.2 Å². The molecule has 1 aliphatic rings. The molecule has 0 aliphatic heterocycles. The van der Waals surface area contributed by atoms with Crippen LogP contribution in [-0.4, -0.2) is 26.9 Å². The third-order valence-corrected chi connectivity index (χ3v) is 4.92. The predicted octanol–water partition coefficient (Wildman–Crippen LogP) is 1.92. The van der Waals surface area contributed by atoms with Crippen molar-refractivity contribution in [2.75, 3.05) is 6.54 Å². The van der Waals surface area contributed by atoms with E-state index in [9.17, 15) is 13.2 Å². The minimum atomic E-state index is -3.67. The first-order chi connectivity index (χ1) is 9.44. The summed E-state index contributed by atoms with van der Waals surface area (Å²) in [5.41, 5.74) is 0.291. The lowest BCUT2D eigenvalue weighted by molar-refractivity contribution is 0.0953. The van der Waals surface area contributed by atoms with Crippen LogP contribution in [0.1, 0.15) is 36.5 Å². The van der Waals surface area contributed by atoms with Gasteiger partial charge in [-0.3, -0.25) is 4.79 Å². The van der Waals surface area contributed by atoms with Crippen molar-refractivity contribution in [3.8, 4) is 0 Å². The second-order valence-corrected chi connectivity index (χ2v) is 6.89. The normalized spacial score (nSPS) is 15.1. The number of halogens is 1. The van der Waals surface area contributed by atoms with Gasteiger partial charge >= 0.3 is 0 Å². The monoisotopic (exact) mass is 316 g/mol. The summed E-state index contributed by atoms with van der Waals surface area (Å²) in [5.74, 6) is -0.300. The molecule has 0 bridgehead atoms. The van der Waals surface area contributed by atoms with Crippen molar-refractivity contribution in [1.29, 1.82) is 0 Å². The second-order valence-electron chi connectivity index (χ2n) is 4.80. The van der Waals surface area contributed by atoms with Crippen LogP contribution in [-0.2, 0) is 10.0 Å². The largest absolute Gasteiger partial charge is 0.352 e. The summed E-state index contributed by atoms with van der Waals surface area (Å²) in [6.45, 7) is 2.49. The Labute approximate surface area is 123 Å². The molecule has 0 radical (unpaired) electrons. The van der Waals surface area contributed by atoms with Crippen LogP contribution < -0.4 is 10.0 Å². The van der Waals surface area contributed by atoms with Gasteiger partial charge in [0.15, 0.2) is 0 Å². The molecule has 20 heavy (non-hydrogen) atoms. The van der Waals surface area contributed by atoms with E-state index in [2.05, 4.69) is 10.0 Å². The average molecular weight is 317 g/mol. The molecule has 1 aromatic rings. The number of carbonyl (C=O) groups is 1. The number of nitrogens with one attached hydrogen (secondary N) is 2. The van der Waals surface area contributed by atoms with Gasteiger partial charge in [-0.05, 0) is 37.5 Å². The molecule has 1 aliphatic carbocycles. The van der Waals surface area contributed by atoms with E-state index in [0.29, 0.717) is 12.1 Å². The van der Waals surface area contributed by atoms with Gasteiger partial charge in [0.25, 0.3) is 5.91 Å². The summed E-state index contributed by atoms with van der Waals surface area (Å²) in [6, 6.07) is 4.26. The van der Waals surface area contributed by atoms with Gasteiger partial charge < -0.3 is 5.32 Å². The smallest absolute Gasteiger partial charge is 0.251 e. The van der Waals surface area contributed by atoms with E-state index < -0.39 is 10.0 Å². The summed E-state index contributed by atoms with van der Waals surface area (Å²) in [5, 5.41) is 2.82. The van der Waals surface area contributed by atoms with Gasteiger partial charge in [0.1, 0.15) is 4.90 Å². The molecule has 0 atom stereocenters. The Morgan fingerprint density at radius 1 is 1.40 bits per heavy atom. The first kappa shape index (κ1) is 15.3. The van der Waals surface area contributed by atoms with Crippen LogP contribution in [0, 0.1) is 0 Å². The van der Waals surface area contributed by atoms with Gasteiger partial charge in [-0.25, -0.2) is 13.1 Å². The van der Waals surface area contributed by atoms with Gasteiger partial charge in [-0.2, -0.15) is 0 Å². The molecular weight excluding hydrogens is 300 g/mol. The minimum absolute atomic E-state index is 0.00589. The lowest BCUT2D eigenvalue weighted by Gasteiger charge is -2.10. The zero-order valence-corrected chi connectivity index (χ0v) is 12.7. The van der Waals surface area contributed by atoms with Crippen molar-refractivity contribution in [3.63, 3.8) is 0 Å². The highest BCUT2D eigenvalue weighted by Crippen LogP contribution is 2.26. The summed E-state index contributed by atoms with van der Waals surface area (Å²) < 4.78 is 26.9. The topological polar surface area (TPSA) is 75.3 Å². The van der Waals surface area contributed by atoms with E-state index in [1.165, 1.54) is 18.2 Å². The number of sulfonamides is 1. The molecular formula is C13H17ClN2O3S. The second kappa shape index (κ2) is 6.11.